The summed E-state index contributed by atoms with van der Waals surface area (Å²) >= 11 is 0. The third kappa shape index (κ3) is 2.77. The van der Waals surface area contributed by atoms with Gasteiger partial charge in [0.15, 0.2) is 0 Å². The second kappa shape index (κ2) is 4.47. The first-order valence-corrected chi connectivity index (χ1v) is 6.38. The number of nitrogens with two attached hydrogens (primary N) is 1. The highest BCUT2D eigenvalue weighted by molar-refractivity contribution is 7.60. The number of primary amides is 1. The largest absolute Gasteiger partial charge is 0.421 e. The van der Waals surface area contributed by atoms with Gasteiger partial charge in [-0.25, -0.2) is 0 Å². The van der Waals surface area contributed by atoms with Crippen LogP contribution in [0.4, 0.5) is 0 Å². The highest BCUT2D eigenvalue weighted by atomic mass is 31.2. The van der Waals surface area contributed by atoms with Gasteiger partial charge in [-0.05, 0) is 19.4 Å². The summed E-state index contributed by atoms with van der Waals surface area (Å²) in [5.41, 5.74) is 5.51. The molecule has 0 aromatic heterocycles. The third-order valence-electron chi connectivity index (χ3n) is 2.35. The zero-order valence-corrected chi connectivity index (χ0v) is 9.98. The minimum Gasteiger partial charge on any atom is -0.366 e. The van der Waals surface area contributed by atoms with E-state index in [1.807, 2.05) is 6.07 Å². The summed E-state index contributed by atoms with van der Waals surface area (Å²) in [7, 11) is -4.33. The maximum absolute atomic E-state index is 11.2. The molecule has 0 aliphatic carbocycles. The number of hydrogen-bond acceptors (Lipinski definition) is 4. The molecule has 1 amide bonds. The van der Waals surface area contributed by atoms with Crippen molar-refractivity contribution >= 4 is 13.9 Å². The Morgan fingerprint density at radius 1 is 1.31 bits per heavy atom. The number of aryl methyl sites for hydroxylation is 2. The van der Waals surface area contributed by atoms with Gasteiger partial charge in [-0.1, -0.05) is 23.8 Å². The van der Waals surface area contributed by atoms with E-state index < -0.39 is 19.5 Å². The molecule has 0 aliphatic rings. The summed E-state index contributed by atoms with van der Waals surface area (Å²) in [5, 5.41) is 0. The predicted octanol–water partition coefficient (Wildman–Crippen LogP) is 0.569. The Hall–Kier alpha value is -1.00. The Morgan fingerprint density at radius 2 is 1.88 bits per heavy atom. The average molecular weight is 244 g/mol. The minimum atomic E-state index is -4.33. The molecule has 1 rings (SSSR count). The molecule has 5 N–H and O–H groups in total. The normalized spacial score (nSPS) is 13.6. The van der Waals surface area contributed by atoms with Crippen LogP contribution in [0.25, 0.3) is 0 Å². The van der Waals surface area contributed by atoms with E-state index in [-0.39, 0.29) is 0 Å². The van der Waals surface area contributed by atoms with Crippen LogP contribution in [0.15, 0.2) is 18.2 Å². The Balaban J connectivity index is 3.32. The van der Waals surface area contributed by atoms with Gasteiger partial charge in [0.25, 0.3) is 11.6 Å². The first-order chi connectivity index (χ1) is 7.23. The van der Waals surface area contributed by atoms with Crippen LogP contribution in [-0.4, -0.2) is 20.6 Å². The van der Waals surface area contributed by atoms with Gasteiger partial charge < -0.3 is 5.73 Å². The number of carbonyl (C=O) groups is 1. The SMILES string of the molecule is Cc1ccc(C)c(C(C(N)=O)[P+](O)(O)O)c1. The smallest absolute Gasteiger partial charge is 0.366 e. The van der Waals surface area contributed by atoms with Crippen molar-refractivity contribution in [2.45, 2.75) is 19.5 Å². The molecule has 0 heterocycles. The van der Waals surface area contributed by atoms with Gasteiger partial charge in [0.1, 0.15) is 0 Å². The predicted molar refractivity (Wildman–Crippen MR) is 61.4 cm³/mol. The van der Waals surface area contributed by atoms with Crippen LogP contribution < -0.4 is 5.73 Å². The van der Waals surface area contributed by atoms with E-state index in [1.54, 1.807) is 26.0 Å². The molecule has 0 saturated carbocycles. The fourth-order valence-electron chi connectivity index (χ4n) is 1.57. The molecule has 88 valence electrons. The fourth-order valence-corrected chi connectivity index (χ4v) is 2.56. The van der Waals surface area contributed by atoms with E-state index in [9.17, 15) is 19.5 Å². The van der Waals surface area contributed by atoms with E-state index in [4.69, 9.17) is 5.73 Å². The molecule has 0 saturated heterocycles. The van der Waals surface area contributed by atoms with E-state index in [0.29, 0.717) is 11.1 Å². The van der Waals surface area contributed by atoms with Crippen molar-refractivity contribution < 1.29 is 19.5 Å². The molecule has 0 spiro atoms. The molecule has 0 aliphatic heterocycles. The molecule has 16 heavy (non-hydrogen) atoms. The van der Waals surface area contributed by atoms with Crippen molar-refractivity contribution in [3.63, 3.8) is 0 Å². The molecule has 6 heteroatoms. The van der Waals surface area contributed by atoms with Crippen LogP contribution in [-0.2, 0) is 4.79 Å². The van der Waals surface area contributed by atoms with Crippen LogP contribution >= 0.6 is 7.94 Å². The number of amides is 1. The lowest BCUT2D eigenvalue weighted by Gasteiger charge is -2.16. The van der Waals surface area contributed by atoms with Gasteiger partial charge in [-0.3, -0.25) is 4.79 Å². The summed E-state index contributed by atoms with van der Waals surface area (Å²) in [5.74, 6) is -0.950. The maximum Gasteiger partial charge on any atom is 0.421 e. The summed E-state index contributed by atoms with van der Waals surface area (Å²) in [6.45, 7) is 3.51. The average Bonchev–Trinajstić information content (AvgIpc) is 2.08. The Bertz CT molecular complexity index is 414. The summed E-state index contributed by atoms with van der Waals surface area (Å²) in [6, 6.07) is 5.17. The van der Waals surface area contributed by atoms with Crippen molar-refractivity contribution in [2.24, 2.45) is 5.73 Å². The molecule has 1 atom stereocenters. The van der Waals surface area contributed by atoms with Gasteiger partial charge in [0, 0.05) is 5.56 Å². The monoisotopic (exact) mass is 244 g/mol. The van der Waals surface area contributed by atoms with E-state index >= 15 is 0 Å². The fraction of sp³-hybridized carbons (Fsp3) is 0.300. The number of carbonyl (C=O) groups excluding carboxylic acids is 1. The summed E-state index contributed by atoms with van der Waals surface area (Å²) in [4.78, 5) is 38.9. The first-order valence-electron chi connectivity index (χ1n) is 4.67. The minimum absolute atomic E-state index is 0.355. The Labute approximate surface area is 94.1 Å². The van der Waals surface area contributed by atoms with Crippen molar-refractivity contribution in [3.8, 4) is 0 Å². The molecule has 5 nitrogen and oxygen atoms in total. The van der Waals surface area contributed by atoms with Crippen LogP contribution in [0.5, 0.6) is 0 Å². The van der Waals surface area contributed by atoms with E-state index in [2.05, 4.69) is 0 Å². The maximum atomic E-state index is 11.2. The van der Waals surface area contributed by atoms with Crippen LogP contribution in [0.3, 0.4) is 0 Å². The van der Waals surface area contributed by atoms with Gasteiger partial charge >= 0.3 is 7.94 Å². The third-order valence-corrected chi connectivity index (χ3v) is 3.57. The lowest BCUT2D eigenvalue weighted by Crippen LogP contribution is -2.24. The number of benzene rings is 1. The summed E-state index contributed by atoms with van der Waals surface area (Å²) < 4.78 is 0. The van der Waals surface area contributed by atoms with Crippen molar-refractivity contribution in [2.75, 3.05) is 0 Å². The second-order valence-corrected chi connectivity index (χ2v) is 5.53. The Morgan fingerprint density at radius 3 is 2.31 bits per heavy atom. The highest BCUT2D eigenvalue weighted by Gasteiger charge is 2.49. The van der Waals surface area contributed by atoms with Gasteiger partial charge in [0.05, 0.1) is 0 Å². The van der Waals surface area contributed by atoms with Gasteiger partial charge in [-0.15, -0.1) is 0 Å². The van der Waals surface area contributed by atoms with Crippen molar-refractivity contribution in [3.05, 3.63) is 34.9 Å². The highest BCUT2D eigenvalue weighted by Crippen LogP contribution is 2.59. The van der Waals surface area contributed by atoms with Crippen LogP contribution in [0.1, 0.15) is 22.3 Å². The topological polar surface area (TPSA) is 104 Å². The molecule has 1 unspecified atom stereocenters. The molecular formula is C10H15NO4P+. The lowest BCUT2D eigenvalue weighted by molar-refractivity contribution is -0.118. The van der Waals surface area contributed by atoms with Crippen LogP contribution in [0.2, 0.25) is 0 Å². The second-order valence-electron chi connectivity index (χ2n) is 3.78. The zero-order chi connectivity index (χ0) is 12.5. The molecule has 1 aromatic carbocycles. The zero-order valence-electron chi connectivity index (χ0n) is 9.08. The standard InChI is InChI=1S/C10H14NO4P/c1-6-3-4-7(2)8(5-6)9(10(11)12)16(13,14)15/h3-5,9,13-15H,1-2H3,(H-,11,12)/p+1. The summed E-state index contributed by atoms with van der Waals surface area (Å²) in [6.07, 6.45) is 0. The molecule has 1 aromatic rings. The van der Waals surface area contributed by atoms with Crippen molar-refractivity contribution in [1.29, 1.82) is 0 Å². The Kier molecular flexibility index (Phi) is 3.65. The van der Waals surface area contributed by atoms with Gasteiger partial charge in [0.2, 0.25) is 0 Å². The first kappa shape index (κ1) is 13.1. The number of hydrogen-bond donors (Lipinski definition) is 4. The lowest BCUT2D eigenvalue weighted by atomic mass is 10.0. The van der Waals surface area contributed by atoms with E-state index in [1.165, 1.54) is 0 Å². The van der Waals surface area contributed by atoms with Crippen LogP contribution in [0, 0.1) is 13.8 Å². The molecule has 0 bridgehead atoms. The van der Waals surface area contributed by atoms with Crippen molar-refractivity contribution in [1.82, 2.24) is 0 Å². The van der Waals surface area contributed by atoms with E-state index in [0.717, 1.165) is 5.56 Å². The molecule has 0 fully saturated rings. The number of rotatable bonds is 3. The molecular weight excluding hydrogens is 229 g/mol. The van der Waals surface area contributed by atoms with Gasteiger partial charge in [-0.2, -0.15) is 14.7 Å². The molecule has 0 radical (unpaired) electrons. The quantitative estimate of drug-likeness (QED) is 0.583.